The van der Waals surface area contributed by atoms with Crippen molar-refractivity contribution in [1.82, 2.24) is 0 Å². The Morgan fingerprint density at radius 3 is 2.60 bits per heavy atom. The highest BCUT2D eigenvalue weighted by Crippen LogP contribution is 2.35. The van der Waals surface area contributed by atoms with Gasteiger partial charge in [-0.2, -0.15) is 0 Å². The summed E-state index contributed by atoms with van der Waals surface area (Å²) >= 11 is 6.17. The number of unbranched alkanes of at least 4 members (excludes halogenated alkanes) is 1. The number of carbonyl (C=O) groups excluding carboxylic acids is 3. The molecule has 8 heteroatoms. The lowest BCUT2D eigenvalue weighted by atomic mass is 10.2. The minimum Gasteiger partial charge on any atom is -0.495 e. The molecule has 0 unspecified atom stereocenters. The molecule has 1 heterocycles. The van der Waals surface area contributed by atoms with Crippen molar-refractivity contribution in [3.8, 4) is 5.75 Å². The Bertz CT molecular complexity index is 1020. The molecule has 0 aromatic heterocycles. The molecule has 1 aliphatic heterocycles. The predicted molar refractivity (Wildman–Crippen MR) is 114 cm³/mol. The highest BCUT2D eigenvalue weighted by Gasteiger charge is 2.40. The first-order chi connectivity index (χ1) is 14.5. The highest BCUT2D eigenvalue weighted by atomic mass is 35.5. The average molecular weight is 429 g/mol. The van der Waals surface area contributed by atoms with Crippen molar-refractivity contribution >= 4 is 40.8 Å². The molecule has 0 saturated carbocycles. The van der Waals surface area contributed by atoms with Gasteiger partial charge < -0.3 is 14.8 Å². The number of amides is 2. The van der Waals surface area contributed by atoms with E-state index >= 15 is 0 Å². The fourth-order valence-electron chi connectivity index (χ4n) is 2.91. The lowest BCUT2D eigenvalue weighted by molar-refractivity contribution is -0.120. The zero-order valence-electron chi connectivity index (χ0n) is 16.6. The maximum absolute atomic E-state index is 12.9. The Labute approximate surface area is 179 Å². The van der Waals surface area contributed by atoms with Gasteiger partial charge in [-0.25, -0.2) is 9.69 Å². The van der Waals surface area contributed by atoms with Gasteiger partial charge in [-0.3, -0.25) is 9.59 Å². The summed E-state index contributed by atoms with van der Waals surface area (Å²) in [4.78, 5) is 38.7. The van der Waals surface area contributed by atoms with Crippen molar-refractivity contribution in [1.29, 1.82) is 0 Å². The fourth-order valence-corrected chi connectivity index (χ4v) is 3.12. The van der Waals surface area contributed by atoms with Crippen LogP contribution in [0.3, 0.4) is 0 Å². The van der Waals surface area contributed by atoms with Crippen LogP contribution in [0.2, 0.25) is 0 Å². The monoisotopic (exact) mass is 428 g/mol. The van der Waals surface area contributed by atoms with Crippen molar-refractivity contribution in [2.45, 2.75) is 19.8 Å². The number of hydrogen-bond acceptors (Lipinski definition) is 6. The number of anilines is 2. The molecule has 7 nitrogen and oxygen atoms in total. The van der Waals surface area contributed by atoms with E-state index in [1.807, 2.05) is 6.92 Å². The number of rotatable bonds is 8. The van der Waals surface area contributed by atoms with E-state index in [9.17, 15) is 14.4 Å². The first kappa shape index (κ1) is 21.4. The molecule has 156 valence electrons. The number of esters is 1. The Kier molecular flexibility index (Phi) is 6.74. The molecule has 0 radical (unpaired) electrons. The van der Waals surface area contributed by atoms with Crippen molar-refractivity contribution in [2.24, 2.45) is 0 Å². The molecule has 3 rings (SSSR count). The second kappa shape index (κ2) is 9.45. The van der Waals surface area contributed by atoms with Crippen LogP contribution < -0.4 is 15.0 Å². The largest absolute Gasteiger partial charge is 0.495 e. The number of carbonyl (C=O) groups is 3. The molecule has 2 amide bonds. The van der Waals surface area contributed by atoms with Crippen LogP contribution >= 0.6 is 11.6 Å². The first-order valence-electron chi connectivity index (χ1n) is 9.43. The Morgan fingerprint density at radius 2 is 1.87 bits per heavy atom. The minimum absolute atomic E-state index is 0.0796. The van der Waals surface area contributed by atoms with Crippen LogP contribution in [-0.4, -0.2) is 31.5 Å². The number of para-hydroxylation sites is 2. The lowest BCUT2D eigenvalue weighted by Gasteiger charge is -2.18. The lowest BCUT2D eigenvalue weighted by Crippen LogP contribution is -2.32. The Hall–Kier alpha value is -3.32. The molecule has 2 aromatic carbocycles. The van der Waals surface area contributed by atoms with Gasteiger partial charge in [0.2, 0.25) is 0 Å². The van der Waals surface area contributed by atoms with Gasteiger partial charge >= 0.3 is 5.97 Å². The molecule has 1 aliphatic rings. The van der Waals surface area contributed by atoms with E-state index in [0.717, 1.165) is 17.7 Å². The van der Waals surface area contributed by atoms with Gasteiger partial charge in [-0.05, 0) is 36.8 Å². The molecule has 0 saturated heterocycles. The van der Waals surface area contributed by atoms with Gasteiger partial charge in [-0.15, -0.1) is 0 Å². The summed E-state index contributed by atoms with van der Waals surface area (Å²) in [6.07, 6.45) is 1.70. The molecule has 0 bridgehead atoms. The number of hydrogen-bond donors (Lipinski definition) is 1. The average Bonchev–Trinajstić information content (AvgIpc) is 2.97. The van der Waals surface area contributed by atoms with Crippen LogP contribution in [-0.2, 0) is 14.3 Å². The van der Waals surface area contributed by atoms with Crippen molar-refractivity contribution in [2.75, 3.05) is 23.9 Å². The summed E-state index contributed by atoms with van der Waals surface area (Å²) < 4.78 is 10.5. The standard InChI is InChI=1S/C22H21ClN2O5/c1-3-4-12-30-22(28)14-8-7-9-15(13-14)24-19-18(23)20(26)25(21(19)27)16-10-5-6-11-17(16)29-2/h5-11,13,24H,3-4,12H2,1-2H3. The van der Waals surface area contributed by atoms with Crippen LogP contribution in [0.25, 0.3) is 0 Å². The van der Waals surface area contributed by atoms with Crippen LogP contribution in [0, 0.1) is 0 Å². The molecule has 0 fully saturated rings. The van der Waals surface area contributed by atoms with Gasteiger partial charge in [0.1, 0.15) is 16.5 Å². The van der Waals surface area contributed by atoms with E-state index in [-0.39, 0.29) is 10.7 Å². The van der Waals surface area contributed by atoms with Gasteiger partial charge in [0.25, 0.3) is 11.8 Å². The number of nitrogens with zero attached hydrogens (tertiary/aromatic N) is 1. The highest BCUT2D eigenvalue weighted by molar-refractivity contribution is 6.53. The molecule has 0 aliphatic carbocycles. The Morgan fingerprint density at radius 1 is 1.10 bits per heavy atom. The Balaban J connectivity index is 1.82. The molecule has 0 spiro atoms. The second-order valence-electron chi connectivity index (χ2n) is 6.50. The molecule has 1 N–H and O–H groups in total. The predicted octanol–water partition coefficient (Wildman–Crippen LogP) is 4.09. The van der Waals surface area contributed by atoms with E-state index in [1.54, 1.807) is 42.5 Å². The molecule has 0 atom stereocenters. The number of methoxy groups -OCH3 is 1. The zero-order chi connectivity index (χ0) is 21.7. The minimum atomic E-state index is -0.663. The normalized spacial score (nSPS) is 13.6. The zero-order valence-corrected chi connectivity index (χ0v) is 17.4. The van der Waals surface area contributed by atoms with E-state index < -0.39 is 17.8 Å². The summed E-state index contributed by atoms with van der Waals surface area (Å²) in [6, 6.07) is 13.1. The van der Waals surface area contributed by atoms with Gasteiger partial charge in [0.05, 0.1) is 25.0 Å². The summed E-state index contributed by atoms with van der Waals surface area (Å²) in [6.45, 7) is 2.34. The maximum atomic E-state index is 12.9. The van der Waals surface area contributed by atoms with Crippen LogP contribution in [0.15, 0.2) is 59.3 Å². The third-order valence-corrected chi connectivity index (χ3v) is 4.80. The number of ether oxygens (including phenoxy) is 2. The topological polar surface area (TPSA) is 84.9 Å². The van der Waals surface area contributed by atoms with Crippen molar-refractivity contribution in [3.63, 3.8) is 0 Å². The maximum Gasteiger partial charge on any atom is 0.338 e. The summed E-state index contributed by atoms with van der Waals surface area (Å²) in [5.74, 6) is -1.38. The third kappa shape index (κ3) is 4.31. The van der Waals surface area contributed by atoms with Crippen LogP contribution in [0.5, 0.6) is 5.75 Å². The summed E-state index contributed by atoms with van der Waals surface area (Å²) in [5.41, 5.74) is 0.963. The first-order valence-corrected chi connectivity index (χ1v) is 9.81. The molecular formula is C22H21ClN2O5. The van der Waals surface area contributed by atoms with Crippen molar-refractivity contribution < 1.29 is 23.9 Å². The van der Waals surface area contributed by atoms with E-state index in [1.165, 1.54) is 13.2 Å². The SMILES string of the molecule is CCCCOC(=O)c1cccc(NC2=C(Cl)C(=O)N(c3ccccc3OC)C2=O)c1. The van der Waals surface area contributed by atoms with Crippen LogP contribution in [0.1, 0.15) is 30.1 Å². The fraction of sp³-hybridized carbons (Fsp3) is 0.227. The van der Waals surface area contributed by atoms with Gasteiger partial charge in [-0.1, -0.05) is 43.1 Å². The quantitative estimate of drug-likeness (QED) is 0.387. The number of nitrogens with one attached hydrogen (secondary N) is 1. The molecule has 30 heavy (non-hydrogen) atoms. The smallest absolute Gasteiger partial charge is 0.338 e. The van der Waals surface area contributed by atoms with E-state index in [4.69, 9.17) is 21.1 Å². The third-order valence-electron chi connectivity index (χ3n) is 4.45. The second-order valence-corrected chi connectivity index (χ2v) is 6.88. The number of halogens is 1. The van der Waals surface area contributed by atoms with E-state index in [2.05, 4.69) is 5.32 Å². The summed E-state index contributed by atoms with van der Waals surface area (Å²) in [7, 11) is 1.45. The molecular weight excluding hydrogens is 408 g/mol. The van der Waals surface area contributed by atoms with E-state index in [0.29, 0.717) is 29.3 Å². The number of benzene rings is 2. The summed E-state index contributed by atoms with van der Waals surface area (Å²) in [5, 5.41) is 2.61. The van der Waals surface area contributed by atoms with Gasteiger partial charge in [0.15, 0.2) is 0 Å². The van der Waals surface area contributed by atoms with Crippen molar-refractivity contribution in [3.05, 3.63) is 64.8 Å². The molecule has 2 aromatic rings. The van der Waals surface area contributed by atoms with Gasteiger partial charge in [0, 0.05) is 5.69 Å². The number of imide groups is 1. The van der Waals surface area contributed by atoms with Crippen LogP contribution in [0.4, 0.5) is 11.4 Å².